The Bertz CT molecular complexity index is 692. The second-order valence-corrected chi connectivity index (χ2v) is 6.28. The number of methoxy groups -OCH3 is 1. The molecule has 0 aromatic heterocycles. The van der Waals surface area contributed by atoms with E-state index in [1.807, 2.05) is 38.1 Å². The highest BCUT2D eigenvalue weighted by atomic mass is 35.5. The van der Waals surface area contributed by atoms with Crippen LogP contribution in [0.3, 0.4) is 0 Å². The molecule has 1 amide bonds. The molecule has 0 radical (unpaired) electrons. The molecule has 0 aliphatic carbocycles. The number of nitrogens with one attached hydrogen (secondary N) is 1. The predicted octanol–water partition coefficient (Wildman–Crippen LogP) is 4.72. The Kier molecular flexibility index (Phi) is 6.35. The highest BCUT2D eigenvalue weighted by molar-refractivity contribution is 6.37. The minimum absolute atomic E-state index is 0.125. The second-order valence-electron chi connectivity index (χ2n) is 5.47. The van der Waals surface area contributed by atoms with Crippen LogP contribution in [-0.2, 0) is 6.54 Å². The van der Waals surface area contributed by atoms with Gasteiger partial charge in [-0.2, -0.15) is 0 Å². The van der Waals surface area contributed by atoms with Crippen LogP contribution >= 0.6 is 23.2 Å². The van der Waals surface area contributed by atoms with Crippen molar-refractivity contribution in [2.45, 2.75) is 26.5 Å². The van der Waals surface area contributed by atoms with E-state index in [1.165, 1.54) is 19.2 Å². The number of ether oxygens (including phenoxy) is 2. The summed E-state index contributed by atoms with van der Waals surface area (Å²) in [5.41, 5.74) is 1.34. The first-order valence-corrected chi connectivity index (χ1v) is 8.23. The fourth-order valence-corrected chi connectivity index (χ4v) is 2.77. The lowest BCUT2D eigenvalue weighted by Gasteiger charge is -2.11. The Morgan fingerprint density at radius 3 is 2.21 bits per heavy atom. The lowest BCUT2D eigenvalue weighted by atomic mass is 10.1. The maximum atomic E-state index is 12.2. The Balaban J connectivity index is 2.00. The van der Waals surface area contributed by atoms with Gasteiger partial charge in [0.15, 0.2) is 5.75 Å². The molecule has 128 valence electrons. The van der Waals surface area contributed by atoms with Crippen molar-refractivity contribution >= 4 is 29.1 Å². The third-order valence-corrected chi connectivity index (χ3v) is 3.77. The van der Waals surface area contributed by atoms with Crippen molar-refractivity contribution in [3.05, 3.63) is 57.6 Å². The summed E-state index contributed by atoms with van der Waals surface area (Å²) in [6.07, 6.45) is 0.125. The minimum atomic E-state index is -0.260. The SMILES string of the molecule is COc1c(Cl)cc(C(=O)NCc2ccc(OC(C)C)cc2)cc1Cl. The number of hydrogen-bond donors (Lipinski definition) is 1. The molecule has 6 heteroatoms. The molecule has 24 heavy (non-hydrogen) atoms. The van der Waals surface area contributed by atoms with Crippen molar-refractivity contribution in [2.75, 3.05) is 7.11 Å². The highest BCUT2D eigenvalue weighted by Crippen LogP contribution is 2.33. The number of benzene rings is 2. The summed E-state index contributed by atoms with van der Waals surface area (Å²) in [6.45, 7) is 4.33. The fourth-order valence-electron chi connectivity index (χ4n) is 2.13. The normalized spacial score (nSPS) is 10.6. The average molecular weight is 368 g/mol. The first-order chi connectivity index (χ1) is 11.4. The van der Waals surface area contributed by atoms with Crippen LogP contribution in [0.1, 0.15) is 29.8 Å². The van der Waals surface area contributed by atoms with Crippen LogP contribution in [0.4, 0.5) is 0 Å². The van der Waals surface area contributed by atoms with Crippen LogP contribution in [0.2, 0.25) is 10.0 Å². The molecule has 2 aromatic rings. The molecule has 0 heterocycles. The molecule has 0 unspecified atom stereocenters. The van der Waals surface area contributed by atoms with Gasteiger partial charge < -0.3 is 14.8 Å². The van der Waals surface area contributed by atoms with Crippen molar-refractivity contribution in [2.24, 2.45) is 0 Å². The molecule has 0 aliphatic rings. The van der Waals surface area contributed by atoms with Crippen LogP contribution < -0.4 is 14.8 Å². The molecular weight excluding hydrogens is 349 g/mol. The van der Waals surface area contributed by atoms with Crippen molar-refractivity contribution in [1.82, 2.24) is 5.32 Å². The van der Waals surface area contributed by atoms with Crippen LogP contribution in [0.15, 0.2) is 36.4 Å². The molecule has 0 saturated carbocycles. The highest BCUT2D eigenvalue weighted by Gasteiger charge is 2.13. The van der Waals surface area contributed by atoms with Crippen LogP contribution in [0.25, 0.3) is 0 Å². The van der Waals surface area contributed by atoms with Crippen molar-refractivity contribution in [3.8, 4) is 11.5 Å². The number of rotatable bonds is 6. The second kappa shape index (κ2) is 8.27. The van der Waals surface area contributed by atoms with Gasteiger partial charge in [-0.3, -0.25) is 4.79 Å². The number of carbonyl (C=O) groups excluding carboxylic acids is 1. The average Bonchev–Trinajstić information content (AvgIpc) is 2.53. The molecule has 0 atom stereocenters. The van der Waals surface area contributed by atoms with E-state index in [-0.39, 0.29) is 12.0 Å². The molecule has 0 saturated heterocycles. The van der Waals surface area contributed by atoms with Gasteiger partial charge in [-0.15, -0.1) is 0 Å². The largest absolute Gasteiger partial charge is 0.494 e. The molecule has 4 nitrogen and oxygen atoms in total. The van der Waals surface area contributed by atoms with E-state index >= 15 is 0 Å². The zero-order valence-electron chi connectivity index (χ0n) is 13.7. The maximum Gasteiger partial charge on any atom is 0.251 e. The van der Waals surface area contributed by atoms with Gasteiger partial charge in [0.05, 0.1) is 23.3 Å². The number of amides is 1. The quantitative estimate of drug-likeness (QED) is 0.803. The lowest BCUT2D eigenvalue weighted by molar-refractivity contribution is 0.0951. The summed E-state index contributed by atoms with van der Waals surface area (Å²) in [4.78, 5) is 12.2. The zero-order valence-corrected chi connectivity index (χ0v) is 15.2. The molecule has 0 aliphatic heterocycles. The van der Waals surface area contributed by atoms with Gasteiger partial charge >= 0.3 is 0 Å². The number of halogens is 2. The Morgan fingerprint density at radius 2 is 1.71 bits per heavy atom. The predicted molar refractivity (Wildman–Crippen MR) is 96.4 cm³/mol. The summed E-state index contributed by atoms with van der Waals surface area (Å²) >= 11 is 12.1. The third-order valence-electron chi connectivity index (χ3n) is 3.21. The lowest BCUT2D eigenvalue weighted by Crippen LogP contribution is -2.22. The van der Waals surface area contributed by atoms with E-state index in [2.05, 4.69) is 5.32 Å². The smallest absolute Gasteiger partial charge is 0.251 e. The van der Waals surface area contributed by atoms with Gasteiger partial charge in [-0.1, -0.05) is 35.3 Å². The van der Waals surface area contributed by atoms with E-state index in [9.17, 15) is 4.79 Å². The Morgan fingerprint density at radius 1 is 1.12 bits per heavy atom. The van der Waals surface area contributed by atoms with E-state index in [1.54, 1.807) is 0 Å². The summed E-state index contributed by atoms with van der Waals surface area (Å²) in [5.74, 6) is 0.897. The molecule has 0 fully saturated rings. The van der Waals surface area contributed by atoms with Gasteiger partial charge in [0.2, 0.25) is 0 Å². The molecule has 0 bridgehead atoms. The fraction of sp³-hybridized carbons (Fsp3) is 0.278. The van der Waals surface area contributed by atoms with Gasteiger partial charge in [-0.05, 0) is 43.7 Å². The monoisotopic (exact) mass is 367 g/mol. The maximum absolute atomic E-state index is 12.2. The van der Waals surface area contributed by atoms with Gasteiger partial charge in [0.1, 0.15) is 5.75 Å². The Hall–Kier alpha value is -1.91. The van der Waals surface area contributed by atoms with Gasteiger partial charge in [0.25, 0.3) is 5.91 Å². The van der Waals surface area contributed by atoms with Crippen molar-refractivity contribution < 1.29 is 14.3 Å². The van der Waals surface area contributed by atoms with Gasteiger partial charge in [-0.25, -0.2) is 0 Å². The first kappa shape index (κ1) is 18.4. The van der Waals surface area contributed by atoms with E-state index in [0.29, 0.717) is 27.9 Å². The molecule has 1 N–H and O–H groups in total. The molecular formula is C18H19Cl2NO3. The van der Waals surface area contributed by atoms with Crippen molar-refractivity contribution in [1.29, 1.82) is 0 Å². The van der Waals surface area contributed by atoms with Crippen molar-refractivity contribution in [3.63, 3.8) is 0 Å². The minimum Gasteiger partial charge on any atom is -0.494 e. The summed E-state index contributed by atoms with van der Waals surface area (Å²) in [7, 11) is 1.47. The summed E-state index contributed by atoms with van der Waals surface area (Å²) < 4.78 is 10.7. The number of carbonyl (C=O) groups is 1. The van der Waals surface area contributed by atoms with E-state index in [0.717, 1.165) is 11.3 Å². The molecule has 0 spiro atoms. The first-order valence-electron chi connectivity index (χ1n) is 7.47. The summed E-state index contributed by atoms with van der Waals surface area (Å²) in [6, 6.07) is 10.6. The molecule has 2 rings (SSSR count). The van der Waals surface area contributed by atoms with E-state index < -0.39 is 0 Å². The third kappa shape index (κ3) is 4.79. The standard InChI is InChI=1S/C18H19Cl2NO3/c1-11(2)24-14-6-4-12(5-7-14)10-21-18(22)13-8-15(19)17(23-3)16(20)9-13/h4-9,11H,10H2,1-3H3,(H,21,22). The van der Waals surface area contributed by atoms with Crippen LogP contribution in [0.5, 0.6) is 11.5 Å². The molecule has 2 aromatic carbocycles. The topological polar surface area (TPSA) is 47.6 Å². The Labute approximate surface area is 151 Å². The zero-order chi connectivity index (χ0) is 17.7. The van der Waals surface area contributed by atoms with Crippen LogP contribution in [0, 0.1) is 0 Å². The van der Waals surface area contributed by atoms with Crippen LogP contribution in [-0.4, -0.2) is 19.1 Å². The van der Waals surface area contributed by atoms with Gasteiger partial charge in [0, 0.05) is 12.1 Å². The number of hydrogen-bond acceptors (Lipinski definition) is 3. The van der Waals surface area contributed by atoms with E-state index in [4.69, 9.17) is 32.7 Å². The summed E-state index contributed by atoms with van der Waals surface area (Å²) in [5, 5.41) is 3.42.